The minimum atomic E-state index is 0. The van der Waals surface area contributed by atoms with Crippen molar-refractivity contribution in [1.29, 1.82) is 0 Å². The molecule has 0 atom stereocenters. The molecule has 0 rings (SSSR count). The van der Waals surface area contributed by atoms with Crippen LogP contribution in [-0.2, 0) is 72.0 Å². The average Bonchev–Trinajstić information content (AvgIpc) is 0. The molecule has 0 saturated carbocycles. The SMILES string of the molecule is [Co].[Fe].[Mn].[W]. The minimum Gasteiger partial charge on any atom is 0 e. The van der Waals surface area contributed by atoms with Crippen molar-refractivity contribution in [3.05, 3.63) is 0 Å². The van der Waals surface area contributed by atoms with Crippen molar-refractivity contribution >= 4 is 0 Å². The Hall–Kier alpha value is 2.23. The van der Waals surface area contributed by atoms with Gasteiger partial charge in [-0.1, -0.05) is 0 Å². The Labute approximate surface area is 71.3 Å². The number of hydrogen-bond donors (Lipinski definition) is 0. The third-order valence-electron chi connectivity index (χ3n) is 0. The fourth-order valence-electron chi connectivity index (χ4n) is 0. The van der Waals surface area contributed by atoms with Crippen molar-refractivity contribution in [2.45, 2.75) is 0 Å². The van der Waals surface area contributed by atoms with Gasteiger partial charge in [-0.05, 0) is 0 Å². The van der Waals surface area contributed by atoms with Gasteiger partial charge in [0.15, 0.2) is 0 Å². The molecule has 0 aliphatic rings. The second-order valence-corrected chi connectivity index (χ2v) is 0. The molecule has 0 aliphatic heterocycles. The van der Waals surface area contributed by atoms with Gasteiger partial charge in [0, 0.05) is 72.0 Å². The Morgan fingerprint density at radius 2 is 1.00 bits per heavy atom. The zero-order valence-electron chi connectivity index (χ0n) is 1.47. The maximum Gasteiger partial charge on any atom is 0 e. The molecule has 0 nitrogen and oxygen atoms in total. The van der Waals surface area contributed by atoms with Gasteiger partial charge < -0.3 is 0 Å². The maximum absolute atomic E-state index is 0. The van der Waals surface area contributed by atoms with Gasteiger partial charge in [0.2, 0.25) is 0 Å². The smallest absolute Gasteiger partial charge is 0 e. The third kappa shape index (κ3) is 8.87. The summed E-state index contributed by atoms with van der Waals surface area (Å²) in [6, 6.07) is 0. The predicted octanol–water partition coefficient (Wildman–Crippen LogP) is -0.0100. The third-order valence-corrected chi connectivity index (χ3v) is 0. The zero-order chi connectivity index (χ0) is 0. The van der Waals surface area contributed by atoms with E-state index in [0.717, 1.165) is 0 Å². The summed E-state index contributed by atoms with van der Waals surface area (Å²) < 4.78 is 0. The van der Waals surface area contributed by atoms with Crippen LogP contribution in [0.5, 0.6) is 0 Å². The summed E-state index contributed by atoms with van der Waals surface area (Å²) in [5, 5.41) is 0. The monoisotopic (exact) mass is 354 g/mol. The molecule has 0 aromatic rings. The quantitative estimate of drug-likeness (QED) is 0.538. The molecule has 4 heteroatoms. The van der Waals surface area contributed by atoms with Crippen LogP contribution in [0.1, 0.15) is 0 Å². The largest absolute Gasteiger partial charge is 0 e. The van der Waals surface area contributed by atoms with Crippen LogP contribution in [0.2, 0.25) is 0 Å². The molecule has 0 spiro atoms. The molecule has 0 bridgehead atoms. The summed E-state index contributed by atoms with van der Waals surface area (Å²) in [7, 11) is 0. The van der Waals surface area contributed by atoms with E-state index >= 15 is 0 Å². The van der Waals surface area contributed by atoms with Crippen LogP contribution in [0.4, 0.5) is 0 Å². The first-order valence-corrected chi connectivity index (χ1v) is 0. The van der Waals surface area contributed by atoms with Gasteiger partial charge >= 0.3 is 0 Å². The fraction of sp³-hybridized carbons (Fsp3) is 0. The van der Waals surface area contributed by atoms with Crippen LogP contribution in [0.3, 0.4) is 0 Å². The molecule has 0 aliphatic carbocycles. The van der Waals surface area contributed by atoms with Gasteiger partial charge in [0.25, 0.3) is 0 Å². The number of rotatable bonds is 0. The summed E-state index contributed by atoms with van der Waals surface area (Å²) >= 11 is 0. The molecule has 0 amide bonds. The second-order valence-electron chi connectivity index (χ2n) is 0. The molecule has 0 heterocycles. The fourth-order valence-corrected chi connectivity index (χ4v) is 0. The van der Waals surface area contributed by atoms with E-state index in [1.165, 1.54) is 0 Å². The number of hydrogen-bond acceptors (Lipinski definition) is 0. The molecule has 0 aromatic heterocycles. The molecule has 0 aromatic carbocycles. The van der Waals surface area contributed by atoms with Gasteiger partial charge in [-0.15, -0.1) is 0 Å². The molecule has 0 saturated heterocycles. The Kier molecular flexibility index (Phi) is 161. The first-order chi connectivity index (χ1) is 0. The summed E-state index contributed by atoms with van der Waals surface area (Å²) in [6.07, 6.45) is 0. The minimum absolute atomic E-state index is 0. The van der Waals surface area contributed by atoms with Crippen molar-refractivity contribution in [3.63, 3.8) is 0 Å². The zero-order valence-corrected chi connectivity index (χ0v) is 7.73. The van der Waals surface area contributed by atoms with E-state index in [9.17, 15) is 0 Å². The van der Waals surface area contributed by atoms with Crippen LogP contribution >= 0.6 is 0 Å². The summed E-state index contributed by atoms with van der Waals surface area (Å²) in [5.41, 5.74) is 0. The standard InChI is InChI=1S/Co.Fe.Mn.W. The van der Waals surface area contributed by atoms with Crippen molar-refractivity contribution in [2.24, 2.45) is 0 Å². The van der Waals surface area contributed by atoms with Crippen molar-refractivity contribution in [3.8, 4) is 0 Å². The molecule has 4 heavy (non-hydrogen) atoms. The van der Waals surface area contributed by atoms with E-state index in [2.05, 4.69) is 0 Å². The summed E-state index contributed by atoms with van der Waals surface area (Å²) in [4.78, 5) is 0. The van der Waals surface area contributed by atoms with Crippen LogP contribution in [-0.4, -0.2) is 0 Å². The first-order valence-electron chi connectivity index (χ1n) is 0. The average molecular weight is 354 g/mol. The topological polar surface area (TPSA) is 0 Å². The Morgan fingerprint density at radius 1 is 1.00 bits per heavy atom. The first kappa shape index (κ1) is 34.2. The van der Waals surface area contributed by atoms with Crippen LogP contribution in [0.15, 0.2) is 0 Å². The van der Waals surface area contributed by atoms with E-state index in [1.54, 1.807) is 0 Å². The summed E-state index contributed by atoms with van der Waals surface area (Å²) in [5.74, 6) is 0. The molecule has 0 fully saturated rings. The van der Waals surface area contributed by atoms with Crippen LogP contribution < -0.4 is 0 Å². The van der Waals surface area contributed by atoms with Crippen molar-refractivity contribution in [1.82, 2.24) is 0 Å². The van der Waals surface area contributed by atoms with Crippen LogP contribution in [0.25, 0.3) is 0 Å². The molecule has 0 N–H and O–H groups in total. The molecule has 2 radical (unpaired) electrons. The van der Waals surface area contributed by atoms with E-state index in [-0.39, 0.29) is 72.0 Å². The predicted molar refractivity (Wildman–Crippen MR) is 0 cm³/mol. The van der Waals surface area contributed by atoms with Crippen LogP contribution in [0, 0.1) is 0 Å². The molecule has 0 unspecified atom stereocenters. The van der Waals surface area contributed by atoms with Gasteiger partial charge in [0.05, 0.1) is 0 Å². The Bertz CT molecular complexity index is 8.00. The Balaban J connectivity index is 0. The van der Waals surface area contributed by atoms with Gasteiger partial charge in [-0.2, -0.15) is 0 Å². The van der Waals surface area contributed by atoms with Gasteiger partial charge in [-0.25, -0.2) is 0 Å². The van der Waals surface area contributed by atoms with Crippen molar-refractivity contribution in [2.75, 3.05) is 0 Å². The summed E-state index contributed by atoms with van der Waals surface area (Å²) in [6.45, 7) is 0. The van der Waals surface area contributed by atoms with Gasteiger partial charge in [0.1, 0.15) is 0 Å². The van der Waals surface area contributed by atoms with Crippen molar-refractivity contribution < 1.29 is 72.0 Å². The maximum atomic E-state index is 0. The van der Waals surface area contributed by atoms with E-state index in [0.29, 0.717) is 0 Å². The second kappa shape index (κ2) is 18.8. The van der Waals surface area contributed by atoms with Gasteiger partial charge in [-0.3, -0.25) is 0 Å². The normalized spacial score (nSPS) is 0. The molecule has 30 valence electrons. The van der Waals surface area contributed by atoms with E-state index < -0.39 is 0 Å². The molecular weight excluding hydrogens is 354 g/mol. The molecular formula is CoFeMnW. The Morgan fingerprint density at radius 3 is 1.00 bits per heavy atom. The van der Waals surface area contributed by atoms with E-state index in [4.69, 9.17) is 0 Å². The van der Waals surface area contributed by atoms with E-state index in [1.807, 2.05) is 0 Å².